The lowest BCUT2D eigenvalue weighted by atomic mass is 9.75. The van der Waals surface area contributed by atoms with Crippen LogP contribution in [0.1, 0.15) is 30.4 Å². The Balaban J connectivity index is 2.45. The van der Waals surface area contributed by atoms with Gasteiger partial charge in [-0.2, -0.15) is 13.2 Å². The molecule has 0 radical (unpaired) electrons. The highest BCUT2D eigenvalue weighted by Gasteiger charge is 2.40. The molecule has 0 atom stereocenters. The molecule has 1 aliphatic carbocycles. The molecule has 1 heterocycles. The van der Waals surface area contributed by atoms with Gasteiger partial charge in [0.05, 0.1) is 11.2 Å². The van der Waals surface area contributed by atoms with Crippen molar-refractivity contribution in [1.82, 2.24) is 4.98 Å². The van der Waals surface area contributed by atoms with Crippen LogP contribution in [0.3, 0.4) is 0 Å². The molecule has 0 aromatic carbocycles. The monoisotopic (exact) mass is 251 g/mol. The Morgan fingerprint density at radius 2 is 2.00 bits per heavy atom. The van der Waals surface area contributed by atoms with Crippen molar-refractivity contribution in [3.63, 3.8) is 0 Å². The fourth-order valence-corrected chi connectivity index (χ4v) is 1.99. The van der Waals surface area contributed by atoms with Gasteiger partial charge in [0.2, 0.25) is 0 Å². The van der Waals surface area contributed by atoms with Gasteiger partial charge in [0, 0.05) is 11.8 Å². The Kier molecular flexibility index (Phi) is 2.62. The molecule has 88 valence electrons. The highest BCUT2D eigenvalue weighted by molar-refractivity contribution is 6.30. The van der Waals surface area contributed by atoms with E-state index in [9.17, 15) is 18.3 Å². The molecule has 1 saturated carbocycles. The van der Waals surface area contributed by atoms with E-state index in [0.29, 0.717) is 19.0 Å². The number of pyridine rings is 1. The van der Waals surface area contributed by atoms with Gasteiger partial charge in [-0.15, -0.1) is 0 Å². The molecule has 0 bridgehead atoms. The molecule has 0 amide bonds. The van der Waals surface area contributed by atoms with E-state index in [2.05, 4.69) is 4.98 Å². The summed E-state index contributed by atoms with van der Waals surface area (Å²) in [5.74, 6) is 0. The van der Waals surface area contributed by atoms with Gasteiger partial charge in [0.25, 0.3) is 0 Å². The van der Waals surface area contributed by atoms with Crippen LogP contribution in [-0.4, -0.2) is 10.1 Å². The van der Waals surface area contributed by atoms with E-state index in [-0.39, 0.29) is 10.7 Å². The molecule has 0 aliphatic heterocycles. The van der Waals surface area contributed by atoms with E-state index < -0.39 is 17.3 Å². The third kappa shape index (κ3) is 1.89. The van der Waals surface area contributed by atoms with Gasteiger partial charge >= 0.3 is 6.18 Å². The summed E-state index contributed by atoms with van der Waals surface area (Å²) >= 11 is 5.71. The molecule has 16 heavy (non-hydrogen) atoms. The third-order valence-electron chi connectivity index (χ3n) is 2.85. The molecule has 2 rings (SSSR count). The maximum Gasteiger partial charge on any atom is 0.417 e. The zero-order valence-corrected chi connectivity index (χ0v) is 8.94. The minimum atomic E-state index is -4.47. The Morgan fingerprint density at radius 3 is 2.44 bits per heavy atom. The first kappa shape index (κ1) is 11.7. The minimum Gasteiger partial charge on any atom is -0.385 e. The van der Waals surface area contributed by atoms with Crippen LogP contribution in [0.25, 0.3) is 0 Å². The van der Waals surface area contributed by atoms with E-state index in [1.54, 1.807) is 0 Å². The molecule has 2 nitrogen and oxygen atoms in total. The van der Waals surface area contributed by atoms with Gasteiger partial charge in [-0.05, 0) is 25.3 Å². The molecule has 1 N–H and O–H groups in total. The predicted octanol–water partition coefficient (Wildman–Crippen LogP) is 3.13. The summed E-state index contributed by atoms with van der Waals surface area (Å²) in [4.78, 5) is 3.48. The molecule has 1 aromatic rings. The third-order valence-corrected chi connectivity index (χ3v) is 3.15. The van der Waals surface area contributed by atoms with Crippen LogP contribution in [0.4, 0.5) is 13.2 Å². The largest absolute Gasteiger partial charge is 0.417 e. The van der Waals surface area contributed by atoms with Gasteiger partial charge < -0.3 is 5.11 Å². The molecule has 1 fully saturated rings. The van der Waals surface area contributed by atoms with E-state index in [1.807, 2.05) is 0 Å². The number of aromatic nitrogens is 1. The fourth-order valence-electron chi connectivity index (χ4n) is 1.71. The van der Waals surface area contributed by atoms with Crippen LogP contribution in [0.15, 0.2) is 12.3 Å². The van der Waals surface area contributed by atoms with Gasteiger partial charge in [-0.1, -0.05) is 11.6 Å². The van der Waals surface area contributed by atoms with Crippen LogP contribution in [0.2, 0.25) is 5.15 Å². The zero-order chi connectivity index (χ0) is 12.0. The van der Waals surface area contributed by atoms with E-state index in [0.717, 1.165) is 12.5 Å². The number of nitrogens with zero attached hydrogens (tertiary/aromatic N) is 1. The van der Waals surface area contributed by atoms with Crippen molar-refractivity contribution in [1.29, 1.82) is 0 Å². The molecule has 1 aliphatic rings. The van der Waals surface area contributed by atoms with Crippen molar-refractivity contribution < 1.29 is 18.3 Å². The average molecular weight is 252 g/mol. The van der Waals surface area contributed by atoms with Gasteiger partial charge in [0.15, 0.2) is 0 Å². The summed E-state index contributed by atoms with van der Waals surface area (Å²) in [5, 5.41) is 9.90. The van der Waals surface area contributed by atoms with Crippen molar-refractivity contribution in [2.45, 2.75) is 31.0 Å². The Hall–Kier alpha value is -0.810. The highest BCUT2D eigenvalue weighted by atomic mass is 35.5. The van der Waals surface area contributed by atoms with Gasteiger partial charge in [-0.25, -0.2) is 4.98 Å². The first-order valence-electron chi connectivity index (χ1n) is 4.78. The summed E-state index contributed by atoms with van der Waals surface area (Å²) in [6, 6.07) is 0.883. The molecular formula is C10H9ClF3NO. The van der Waals surface area contributed by atoms with Crippen molar-refractivity contribution in [2.75, 3.05) is 0 Å². The van der Waals surface area contributed by atoms with Crippen molar-refractivity contribution in [2.24, 2.45) is 0 Å². The molecule has 1 aromatic heterocycles. The average Bonchev–Trinajstić information content (AvgIpc) is 2.13. The van der Waals surface area contributed by atoms with Crippen molar-refractivity contribution >= 4 is 11.6 Å². The standard InChI is InChI=1S/C10H9ClF3NO/c11-8-7(9(16)2-1-3-9)4-6(5-15-8)10(12,13)14/h4-5,16H,1-3H2. The first-order valence-corrected chi connectivity index (χ1v) is 5.16. The van der Waals surface area contributed by atoms with Crippen LogP contribution in [0, 0.1) is 0 Å². The van der Waals surface area contributed by atoms with E-state index in [4.69, 9.17) is 11.6 Å². The quantitative estimate of drug-likeness (QED) is 0.778. The zero-order valence-electron chi connectivity index (χ0n) is 8.18. The second-order valence-electron chi connectivity index (χ2n) is 3.95. The maximum atomic E-state index is 12.4. The molecular weight excluding hydrogens is 243 g/mol. The Bertz CT molecular complexity index is 415. The van der Waals surface area contributed by atoms with Crippen LogP contribution in [-0.2, 0) is 11.8 Å². The summed E-state index contributed by atoms with van der Waals surface area (Å²) in [6.45, 7) is 0. The predicted molar refractivity (Wildman–Crippen MR) is 52.0 cm³/mol. The van der Waals surface area contributed by atoms with Gasteiger partial charge in [0.1, 0.15) is 5.15 Å². The smallest absolute Gasteiger partial charge is 0.385 e. The number of hydrogen-bond donors (Lipinski definition) is 1. The number of hydrogen-bond acceptors (Lipinski definition) is 2. The number of aliphatic hydroxyl groups is 1. The summed E-state index contributed by atoms with van der Waals surface area (Å²) in [7, 11) is 0. The van der Waals surface area contributed by atoms with E-state index in [1.165, 1.54) is 0 Å². The first-order chi connectivity index (χ1) is 7.33. The summed E-state index contributed by atoms with van der Waals surface area (Å²) in [5.41, 5.74) is -2.03. The van der Waals surface area contributed by atoms with Gasteiger partial charge in [-0.3, -0.25) is 0 Å². The molecule has 6 heteroatoms. The van der Waals surface area contributed by atoms with Crippen LogP contribution in [0.5, 0.6) is 0 Å². The summed E-state index contributed by atoms with van der Waals surface area (Å²) < 4.78 is 37.3. The maximum absolute atomic E-state index is 12.4. The Morgan fingerprint density at radius 1 is 1.38 bits per heavy atom. The summed E-state index contributed by atoms with van der Waals surface area (Å²) in [6.07, 6.45) is -2.16. The van der Waals surface area contributed by atoms with E-state index >= 15 is 0 Å². The number of alkyl halides is 3. The number of rotatable bonds is 1. The lowest BCUT2D eigenvalue weighted by molar-refractivity contribution is -0.138. The van der Waals surface area contributed by atoms with Crippen LogP contribution < -0.4 is 0 Å². The normalized spacial score (nSPS) is 19.3. The van der Waals surface area contributed by atoms with Crippen LogP contribution >= 0.6 is 11.6 Å². The number of halogens is 4. The fraction of sp³-hybridized carbons (Fsp3) is 0.500. The lowest BCUT2D eigenvalue weighted by Gasteiger charge is -2.37. The second kappa shape index (κ2) is 3.60. The lowest BCUT2D eigenvalue weighted by Crippen LogP contribution is -2.34. The van der Waals surface area contributed by atoms with Crippen molar-refractivity contribution in [3.05, 3.63) is 28.5 Å². The second-order valence-corrected chi connectivity index (χ2v) is 4.30. The molecule has 0 unspecified atom stereocenters. The highest BCUT2D eigenvalue weighted by Crippen LogP contribution is 2.44. The molecule has 0 saturated heterocycles. The SMILES string of the molecule is OC1(c2cc(C(F)(F)F)cnc2Cl)CCC1. The van der Waals surface area contributed by atoms with Crippen molar-refractivity contribution in [3.8, 4) is 0 Å². The Labute approximate surface area is 95.1 Å². The molecule has 0 spiro atoms. The topological polar surface area (TPSA) is 33.1 Å². The minimum absolute atomic E-state index is 0.0600.